The Morgan fingerprint density at radius 3 is 0.893 bits per heavy atom. The molecule has 0 aromatic carbocycles. The van der Waals surface area contributed by atoms with Gasteiger partial charge in [-0.25, -0.2) is 0 Å². The molecule has 0 N–H and O–H groups in total. The first kappa shape index (κ1) is 28.5. The Bertz CT molecular complexity index is 416. The molecule has 0 bridgehead atoms. The molecule has 170 valence electrons. The fourth-order valence-corrected chi connectivity index (χ4v) is 15.9. The number of rotatable bonds is 14. The van der Waals surface area contributed by atoms with Crippen LogP contribution in [0, 0.1) is 5.92 Å². The molecule has 13 heteroatoms. The molecule has 0 unspecified atom stereocenters. The van der Waals surface area contributed by atoms with Crippen molar-refractivity contribution in [2.75, 3.05) is 42.7 Å². The second-order valence-electron chi connectivity index (χ2n) is 7.55. The lowest BCUT2D eigenvalue weighted by Gasteiger charge is -2.50. The van der Waals surface area contributed by atoms with Crippen LogP contribution >= 0.6 is 0 Å². The van der Waals surface area contributed by atoms with Crippen molar-refractivity contribution in [3.63, 3.8) is 0 Å². The number of hydrogen-bond acceptors (Lipinski definition) is 9. The Kier molecular flexibility index (Phi) is 10.9. The lowest BCUT2D eigenvalue weighted by molar-refractivity contribution is 0.0476. The van der Waals surface area contributed by atoms with Gasteiger partial charge in [0.25, 0.3) is 0 Å². The molecule has 0 radical (unpaired) electrons. The topological polar surface area (TPSA) is 83.1 Å². The standard InChI is InChI=1S/C15H40O9Si4/c1-14(2)15(3,4)28(22-25(11,16-5)17-6,23-26(12,18-7)19-8)24-27(13,20-9)21-10/h14H,1-13H3. The maximum absolute atomic E-state index is 6.59. The van der Waals surface area contributed by atoms with Crippen LogP contribution in [0.4, 0.5) is 0 Å². The van der Waals surface area contributed by atoms with Crippen LogP contribution in [0.2, 0.25) is 24.7 Å². The van der Waals surface area contributed by atoms with E-state index in [1.165, 1.54) is 0 Å². The van der Waals surface area contributed by atoms with Crippen LogP contribution in [-0.2, 0) is 38.9 Å². The molecule has 0 atom stereocenters. The monoisotopic (exact) mass is 476 g/mol. The largest absolute Gasteiger partial charge is 0.489 e. The highest BCUT2D eigenvalue weighted by molar-refractivity contribution is 6.86. The molecule has 0 aliphatic carbocycles. The summed E-state index contributed by atoms with van der Waals surface area (Å²) in [4.78, 5) is 0. The van der Waals surface area contributed by atoms with Gasteiger partial charge in [-0.15, -0.1) is 0 Å². The van der Waals surface area contributed by atoms with E-state index in [4.69, 9.17) is 38.9 Å². The van der Waals surface area contributed by atoms with Crippen LogP contribution in [0.5, 0.6) is 0 Å². The van der Waals surface area contributed by atoms with E-state index < -0.39 is 40.3 Å². The highest BCUT2D eigenvalue weighted by atomic mass is 28.5. The third-order valence-electron chi connectivity index (χ3n) is 5.42. The van der Waals surface area contributed by atoms with Crippen molar-refractivity contribution < 1.29 is 38.9 Å². The first-order valence-electron chi connectivity index (χ1n) is 9.09. The normalized spacial score (nSPS) is 14.8. The highest BCUT2D eigenvalue weighted by Gasteiger charge is 2.67. The van der Waals surface area contributed by atoms with Gasteiger partial charge in [-0.3, -0.25) is 0 Å². The minimum absolute atomic E-state index is 0.116. The fourth-order valence-electron chi connectivity index (χ4n) is 2.04. The predicted molar refractivity (Wildman–Crippen MR) is 115 cm³/mol. The van der Waals surface area contributed by atoms with Crippen LogP contribution in [0.1, 0.15) is 27.7 Å². The molecule has 0 aromatic heterocycles. The molecule has 0 saturated carbocycles. The quantitative estimate of drug-likeness (QED) is 0.351. The molecule has 0 saturated heterocycles. The zero-order chi connectivity index (χ0) is 22.4. The maximum atomic E-state index is 6.59. The smallest absolute Gasteiger partial charge is 0.377 e. The van der Waals surface area contributed by atoms with Gasteiger partial charge in [0.1, 0.15) is 0 Å². The van der Waals surface area contributed by atoms with Gasteiger partial charge in [0, 0.05) is 67.3 Å². The zero-order valence-electron chi connectivity index (χ0n) is 19.8. The Morgan fingerprint density at radius 2 is 0.750 bits per heavy atom. The first-order valence-corrected chi connectivity index (χ1v) is 17.5. The summed E-state index contributed by atoms with van der Waals surface area (Å²) in [6.07, 6.45) is 0. The summed E-state index contributed by atoms with van der Waals surface area (Å²) in [6, 6.07) is 0. The average molecular weight is 477 g/mol. The van der Waals surface area contributed by atoms with Crippen LogP contribution in [0.25, 0.3) is 0 Å². The predicted octanol–water partition coefficient (Wildman–Crippen LogP) is 3.00. The van der Waals surface area contributed by atoms with E-state index in [0.29, 0.717) is 0 Å². The molecule has 0 heterocycles. The van der Waals surface area contributed by atoms with Crippen molar-refractivity contribution in [1.29, 1.82) is 0 Å². The van der Waals surface area contributed by atoms with E-state index in [1.807, 2.05) is 13.8 Å². The molecule has 9 nitrogen and oxygen atoms in total. The van der Waals surface area contributed by atoms with Gasteiger partial charge in [0.05, 0.1) is 0 Å². The van der Waals surface area contributed by atoms with Gasteiger partial charge >= 0.3 is 35.2 Å². The molecule has 28 heavy (non-hydrogen) atoms. The Balaban J connectivity index is 6.73. The van der Waals surface area contributed by atoms with E-state index in [-0.39, 0.29) is 5.92 Å². The van der Waals surface area contributed by atoms with Gasteiger partial charge in [-0.1, -0.05) is 27.7 Å². The third-order valence-corrected chi connectivity index (χ3v) is 19.7. The minimum atomic E-state index is -3.68. The van der Waals surface area contributed by atoms with Crippen molar-refractivity contribution in [3.05, 3.63) is 0 Å². The van der Waals surface area contributed by atoms with Crippen molar-refractivity contribution >= 4 is 35.2 Å². The summed E-state index contributed by atoms with van der Waals surface area (Å²) in [7, 11) is -3.73. The van der Waals surface area contributed by atoms with Crippen LogP contribution in [0.15, 0.2) is 0 Å². The van der Waals surface area contributed by atoms with Crippen molar-refractivity contribution in [1.82, 2.24) is 0 Å². The Morgan fingerprint density at radius 1 is 0.536 bits per heavy atom. The lowest BCUT2D eigenvalue weighted by atomic mass is 9.99. The first-order chi connectivity index (χ1) is 12.7. The molecule has 0 aliphatic rings. The summed E-state index contributed by atoms with van der Waals surface area (Å²) >= 11 is 0. The van der Waals surface area contributed by atoms with Crippen molar-refractivity contribution in [3.8, 4) is 0 Å². The molecule has 0 spiro atoms. The summed E-state index contributed by atoms with van der Waals surface area (Å²) in [5, 5.41) is -0.574. The lowest BCUT2D eigenvalue weighted by Crippen LogP contribution is -2.70. The van der Waals surface area contributed by atoms with E-state index in [2.05, 4.69) is 13.8 Å². The van der Waals surface area contributed by atoms with Crippen molar-refractivity contribution in [2.24, 2.45) is 5.92 Å². The maximum Gasteiger partial charge on any atom is 0.489 e. The average Bonchev–Trinajstić information content (AvgIpc) is 2.67. The van der Waals surface area contributed by atoms with Crippen molar-refractivity contribution in [2.45, 2.75) is 52.4 Å². The van der Waals surface area contributed by atoms with Gasteiger partial charge in [-0.2, -0.15) is 0 Å². The Hall–Kier alpha value is 0.508. The summed E-state index contributed by atoms with van der Waals surface area (Å²) in [5.74, 6) is 0.116. The molecule has 0 fully saturated rings. The summed E-state index contributed by atoms with van der Waals surface area (Å²) in [6.45, 7) is 13.6. The second kappa shape index (κ2) is 10.7. The van der Waals surface area contributed by atoms with E-state index in [1.54, 1.807) is 62.3 Å². The van der Waals surface area contributed by atoms with Crippen LogP contribution < -0.4 is 0 Å². The van der Waals surface area contributed by atoms with E-state index in [9.17, 15) is 0 Å². The van der Waals surface area contributed by atoms with Gasteiger partial charge < -0.3 is 38.9 Å². The summed E-state index contributed by atoms with van der Waals surface area (Å²) < 4.78 is 53.5. The molecule has 0 amide bonds. The molecule has 0 aliphatic heterocycles. The Labute approximate surface area is 175 Å². The van der Waals surface area contributed by atoms with Gasteiger partial charge in [-0.05, 0) is 5.92 Å². The molecule has 0 aromatic rings. The fraction of sp³-hybridized carbons (Fsp3) is 1.00. The SMILES string of the molecule is CO[Si](C)(OC)O[Si](O[Si](C)(OC)OC)(O[Si](C)(OC)OC)C(C)(C)C(C)C. The van der Waals surface area contributed by atoms with E-state index >= 15 is 0 Å². The molecular weight excluding hydrogens is 437 g/mol. The minimum Gasteiger partial charge on any atom is -0.377 e. The number of hydrogen-bond donors (Lipinski definition) is 0. The van der Waals surface area contributed by atoms with Crippen LogP contribution in [0.3, 0.4) is 0 Å². The van der Waals surface area contributed by atoms with Crippen LogP contribution in [-0.4, -0.2) is 77.9 Å². The molecular formula is C15H40O9Si4. The highest BCUT2D eigenvalue weighted by Crippen LogP contribution is 2.49. The van der Waals surface area contributed by atoms with Gasteiger partial charge in [0.2, 0.25) is 0 Å². The van der Waals surface area contributed by atoms with Gasteiger partial charge in [0.15, 0.2) is 0 Å². The zero-order valence-corrected chi connectivity index (χ0v) is 23.8. The summed E-state index contributed by atoms with van der Waals surface area (Å²) in [5.41, 5.74) is 0. The second-order valence-corrected chi connectivity index (χ2v) is 20.0. The third kappa shape index (κ3) is 6.50. The van der Waals surface area contributed by atoms with E-state index in [0.717, 1.165) is 0 Å². The molecule has 0 rings (SSSR count).